The molecule has 1 aromatic rings. The van der Waals surface area contributed by atoms with Crippen LogP contribution in [0.4, 0.5) is 4.79 Å². The Bertz CT molecular complexity index is 608. The van der Waals surface area contributed by atoms with Crippen molar-refractivity contribution in [2.24, 2.45) is 0 Å². The van der Waals surface area contributed by atoms with Crippen LogP contribution in [0.25, 0.3) is 0 Å². The van der Waals surface area contributed by atoms with Crippen LogP contribution >= 0.6 is 11.6 Å². The summed E-state index contributed by atoms with van der Waals surface area (Å²) >= 11 is 5.97. The Morgan fingerprint density at radius 1 is 1.35 bits per heavy atom. The number of halogens is 1. The minimum atomic E-state index is -0.640. The van der Waals surface area contributed by atoms with E-state index in [-0.39, 0.29) is 18.7 Å². The van der Waals surface area contributed by atoms with Gasteiger partial charge in [-0.3, -0.25) is 14.9 Å². The zero-order chi connectivity index (χ0) is 16.8. The highest BCUT2D eigenvalue weighted by Gasteiger charge is 2.29. The van der Waals surface area contributed by atoms with Gasteiger partial charge in [-0.15, -0.1) is 0 Å². The minimum Gasteiger partial charge on any atom is -0.490 e. The lowest BCUT2D eigenvalue weighted by Gasteiger charge is -2.18. The fourth-order valence-electron chi connectivity index (χ4n) is 2.10. The summed E-state index contributed by atoms with van der Waals surface area (Å²) in [6, 6.07) is 5.95. The van der Waals surface area contributed by atoms with E-state index < -0.39 is 18.0 Å². The van der Waals surface area contributed by atoms with Crippen LogP contribution in [0.3, 0.4) is 0 Å². The number of amides is 4. The SMILES string of the molecule is CN(CCOc1ccccc1Cl)C(=O)CC[C@H]1NC(=O)NC1=O. The van der Waals surface area contributed by atoms with Crippen molar-refractivity contribution < 1.29 is 19.1 Å². The number of para-hydroxylation sites is 1. The molecule has 0 saturated carbocycles. The van der Waals surface area contributed by atoms with Crippen LogP contribution < -0.4 is 15.4 Å². The second-order valence-corrected chi connectivity index (χ2v) is 5.56. The number of ether oxygens (including phenoxy) is 1. The van der Waals surface area contributed by atoms with Crippen LogP contribution in [0.15, 0.2) is 24.3 Å². The molecule has 0 aliphatic carbocycles. The average Bonchev–Trinajstić information content (AvgIpc) is 2.84. The van der Waals surface area contributed by atoms with Gasteiger partial charge in [0, 0.05) is 13.5 Å². The molecule has 0 unspecified atom stereocenters. The first-order valence-corrected chi connectivity index (χ1v) is 7.58. The van der Waals surface area contributed by atoms with Crippen molar-refractivity contribution in [1.82, 2.24) is 15.5 Å². The van der Waals surface area contributed by atoms with Crippen molar-refractivity contribution in [3.63, 3.8) is 0 Å². The minimum absolute atomic E-state index is 0.123. The lowest BCUT2D eigenvalue weighted by molar-refractivity contribution is -0.130. The molecule has 1 aliphatic rings. The second-order valence-electron chi connectivity index (χ2n) is 5.15. The van der Waals surface area contributed by atoms with Crippen LogP contribution in [0.1, 0.15) is 12.8 Å². The van der Waals surface area contributed by atoms with Gasteiger partial charge in [-0.2, -0.15) is 0 Å². The van der Waals surface area contributed by atoms with Crippen LogP contribution in [-0.2, 0) is 9.59 Å². The first-order valence-electron chi connectivity index (χ1n) is 7.20. The molecule has 1 atom stereocenters. The number of hydrogen-bond donors (Lipinski definition) is 2. The van der Waals surface area contributed by atoms with Crippen molar-refractivity contribution in [3.05, 3.63) is 29.3 Å². The topological polar surface area (TPSA) is 87.7 Å². The molecule has 8 heteroatoms. The molecule has 1 aromatic carbocycles. The zero-order valence-corrected chi connectivity index (χ0v) is 13.4. The molecule has 2 rings (SSSR count). The summed E-state index contributed by atoms with van der Waals surface area (Å²) in [4.78, 5) is 35.9. The molecule has 7 nitrogen and oxygen atoms in total. The number of likely N-dealkylation sites (N-methyl/N-ethyl adjacent to an activating group) is 1. The largest absolute Gasteiger partial charge is 0.490 e. The summed E-state index contributed by atoms with van der Waals surface area (Å²) in [5, 5.41) is 5.11. The first kappa shape index (κ1) is 17.1. The van der Waals surface area contributed by atoms with Crippen LogP contribution in [0.2, 0.25) is 5.02 Å². The Hall–Kier alpha value is -2.28. The summed E-state index contributed by atoms with van der Waals surface area (Å²) in [7, 11) is 1.66. The Morgan fingerprint density at radius 3 is 2.74 bits per heavy atom. The summed E-state index contributed by atoms with van der Waals surface area (Å²) in [6.07, 6.45) is 0.438. The number of nitrogens with one attached hydrogen (secondary N) is 2. The Morgan fingerprint density at radius 2 is 2.09 bits per heavy atom. The lowest BCUT2D eigenvalue weighted by Crippen LogP contribution is -2.34. The van der Waals surface area contributed by atoms with E-state index >= 15 is 0 Å². The predicted molar refractivity (Wildman–Crippen MR) is 84.3 cm³/mol. The number of rotatable bonds is 7. The molecule has 0 aromatic heterocycles. The van der Waals surface area contributed by atoms with Gasteiger partial charge in [-0.05, 0) is 18.6 Å². The van der Waals surface area contributed by atoms with Gasteiger partial charge in [0.1, 0.15) is 18.4 Å². The van der Waals surface area contributed by atoms with E-state index in [1.54, 1.807) is 19.2 Å². The van der Waals surface area contributed by atoms with E-state index in [9.17, 15) is 14.4 Å². The molecule has 2 N–H and O–H groups in total. The van der Waals surface area contributed by atoms with Crippen molar-refractivity contribution >= 4 is 29.4 Å². The lowest BCUT2D eigenvalue weighted by atomic mass is 10.1. The highest BCUT2D eigenvalue weighted by Crippen LogP contribution is 2.22. The number of hydrogen-bond acceptors (Lipinski definition) is 4. The van der Waals surface area contributed by atoms with E-state index in [0.29, 0.717) is 23.9 Å². The number of carbonyl (C=O) groups excluding carboxylic acids is 3. The molecule has 124 valence electrons. The van der Waals surface area contributed by atoms with E-state index in [1.807, 2.05) is 12.1 Å². The van der Waals surface area contributed by atoms with Crippen LogP contribution in [-0.4, -0.2) is 49.0 Å². The highest BCUT2D eigenvalue weighted by molar-refractivity contribution is 6.32. The second kappa shape index (κ2) is 7.82. The van der Waals surface area contributed by atoms with E-state index in [0.717, 1.165) is 0 Å². The predicted octanol–water partition coefficient (Wildman–Crippen LogP) is 1.17. The number of imide groups is 1. The molecule has 4 amide bonds. The number of nitrogens with zero attached hydrogens (tertiary/aromatic N) is 1. The van der Waals surface area contributed by atoms with E-state index in [2.05, 4.69) is 10.6 Å². The molecule has 0 spiro atoms. The fourth-order valence-corrected chi connectivity index (χ4v) is 2.29. The Kier molecular flexibility index (Phi) is 5.81. The monoisotopic (exact) mass is 339 g/mol. The van der Waals surface area contributed by atoms with Crippen molar-refractivity contribution in [2.75, 3.05) is 20.2 Å². The standard InChI is InChI=1S/C15H18ClN3O4/c1-19(8-9-23-12-5-3-2-4-10(12)16)13(20)7-6-11-14(21)18-15(22)17-11/h2-5,11H,6-9H2,1H3,(H2,17,18,21,22)/t11-/m1/s1. The quantitative estimate of drug-likeness (QED) is 0.730. The van der Waals surface area contributed by atoms with Crippen LogP contribution in [0.5, 0.6) is 5.75 Å². The van der Waals surface area contributed by atoms with Crippen molar-refractivity contribution in [2.45, 2.75) is 18.9 Å². The maximum Gasteiger partial charge on any atom is 0.322 e. The fraction of sp³-hybridized carbons (Fsp3) is 0.400. The van der Waals surface area contributed by atoms with E-state index in [1.165, 1.54) is 4.90 Å². The third-order valence-corrected chi connectivity index (χ3v) is 3.76. The molecule has 1 heterocycles. The van der Waals surface area contributed by atoms with Gasteiger partial charge in [-0.25, -0.2) is 4.79 Å². The molecule has 1 aliphatic heterocycles. The highest BCUT2D eigenvalue weighted by atomic mass is 35.5. The van der Waals surface area contributed by atoms with Gasteiger partial charge in [-0.1, -0.05) is 23.7 Å². The summed E-state index contributed by atoms with van der Waals surface area (Å²) in [5.41, 5.74) is 0. The Balaban J connectivity index is 1.70. The van der Waals surface area contributed by atoms with Gasteiger partial charge < -0.3 is 15.0 Å². The van der Waals surface area contributed by atoms with Gasteiger partial charge in [0.15, 0.2) is 0 Å². The third-order valence-electron chi connectivity index (χ3n) is 3.45. The molecular formula is C15H18ClN3O4. The number of carbonyl (C=O) groups is 3. The summed E-state index contributed by atoms with van der Waals surface area (Å²) < 4.78 is 5.52. The van der Waals surface area contributed by atoms with Crippen molar-refractivity contribution in [3.8, 4) is 5.75 Å². The first-order chi connectivity index (χ1) is 11.0. The van der Waals surface area contributed by atoms with Crippen molar-refractivity contribution in [1.29, 1.82) is 0 Å². The average molecular weight is 340 g/mol. The summed E-state index contributed by atoms with van der Waals surface area (Å²) in [6.45, 7) is 0.708. The summed E-state index contributed by atoms with van der Waals surface area (Å²) in [5.74, 6) is 0.0505. The van der Waals surface area contributed by atoms with E-state index in [4.69, 9.17) is 16.3 Å². The molecular weight excluding hydrogens is 322 g/mol. The maximum absolute atomic E-state index is 12.0. The van der Waals surface area contributed by atoms with Crippen LogP contribution in [0, 0.1) is 0 Å². The van der Waals surface area contributed by atoms with Gasteiger partial charge in [0.25, 0.3) is 5.91 Å². The van der Waals surface area contributed by atoms with Gasteiger partial charge in [0.05, 0.1) is 11.6 Å². The smallest absolute Gasteiger partial charge is 0.322 e. The molecule has 0 bridgehead atoms. The molecule has 1 fully saturated rings. The molecule has 23 heavy (non-hydrogen) atoms. The third kappa shape index (κ3) is 4.85. The Labute approximate surface area is 138 Å². The normalized spacial score (nSPS) is 16.7. The van der Waals surface area contributed by atoms with Gasteiger partial charge in [0.2, 0.25) is 5.91 Å². The molecule has 0 radical (unpaired) electrons. The molecule has 1 saturated heterocycles. The maximum atomic E-state index is 12.0. The number of benzene rings is 1. The number of urea groups is 1. The zero-order valence-electron chi connectivity index (χ0n) is 12.7. The van der Waals surface area contributed by atoms with Gasteiger partial charge >= 0.3 is 6.03 Å².